The lowest BCUT2D eigenvalue weighted by atomic mass is 10.00. The number of carbonyl (C=O) groups excluding carboxylic acids is 4. The summed E-state index contributed by atoms with van der Waals surface area (Å²) in [6, 6.07) is 12.4. The monoisotopic (exact) mass is 569 g/mol. The fourth-order valence-electron chi connectivity index (χ4n) is 4.08. The number of hydrogen-bond donors (Lipinski definition) is 3. The Morgan fingerprint density at radius 1 is 0.878 bits per heavy atom. The Morgan fingerprint density at radius 3 is 2.02 bits per heavy atom. The number of phenols is 1. The van der Waals surface area contributed by atoms with Gasteiger partial charge in [-0.05, 0) is 78.6 Å². The van der Waals surface area contributed by atoms with Crippen molar-refractivity contribution in [2.75, 3.05) is 6.54 Å². The fourth-order valence-corrected chi connectivity index (χ4v) is 4.08. The lowest BCUT2D eigenvalue weighted by Gasteiger charge is -2.35. The molecule has 0 radical (unpaired) electrons. The van der Waals surface area contributed by atoms with E-state index in [-0.39, 0.29) is 12.2 Å². The molecule has 0 saturated heterocycles. The summed E-state index contributed by atoms with van der Waals surface area (Å²) in [5.41, 5.74) is -0.431. The zero-order valence-electron chi connectivity index (χ0n) is 25.2. The second-order valence-corrected chi connectivity index (χ2v) is 12.0. The van der Waals surface area contributed by atoms with Crippen molar-refractivity contribution >= 4 is 23.9 Å². The maximum Gasteiger partial charge on any atom is 0.408 e. The first-order valence-electron chi connectivity index (χ1n) is 13.6. The van der Waals surface area contributed by atoms with E-state index < -0.39 is 59.7 Å². The first-order valence-corrected chi connectivity index (χ1v) is 13.6. The van der Waals surface area contributed by atoms with Crippen LogP contribution in [-0.2, 0) is 30.3 Å². The predicted molar refractivity (Wildman–Crippen MR) is 155 cm³/mol. The summed E-state index contributed by atoms with van der Waals surface area (Å²) in [6.07, 6.45) is -0.620. The standard InChI is InChI=1S/C31H43N3O7/c1-20(2)34(25(36)19-32-29(39)41-31(6,7)8)26(22-15-12-16-23(35)18-22)27(37)33-24(28(38)40-30(3,4)5)17-21-13-10-9-11-14-21/h9-16,18,20,24,26,35H,17,19H2,1-8H3,(H,32,39)(H,33,37). The quantitative estimate of drug-likeness (QED) is 0.364. The van der Waals surface area contributed by atoms with Crippen LogP contribution in [0.25, 0.3) is 0 Å². The van der Waals surface area contributed by atoms with Gasteiger partial charge >= 0.3 is 12.1 Å². The minimum absolute atomic E-state index is 0.101. The lowest BCUT2D eigenvalue weighted by molar-refractivity contribution is -0.159. The molecule has 0 aliphatic rings. The van der Waals surface area contributed by atoms with Gasteiger partial charge < -0.3 is 30.1 Å². The third-order valence-corrected chi connectivity index (χ3v) is 5.63. The summed E-state index contributed by atoms with van der Waals surface area (Å²) < 4.78 is 10.8. The molecule has 2 atom stereocenters. The number of amides is 3. The van der Waals surface area contributed by atoms with E-state index in [4.69, 9.17) is 9.47 Å². The van der Waals surface area contributed by atoms with Gasteiger partial charge in [0.05, 0.1) is 0 Å². The summed E-state index contributed by atoms with van der Waals surface area (Å²) in [4.78, 5) is 54.2. The van der Waals surface area contributed by atoms with Crippen molar-refractivity contribution < 1.29 is 33.8 Å². The molecule has 2 aromatic carbocycles. The summed E-state index contributed by atoms with van der Waals surface area (Å²) in [7, 11) is 0. The van der Waals surface area contributed by atoms with Crippen LogP contribution >= 0.6 is 0 Å². The van der Waals surface area contributed by atoms with Crippen LogP contribution in [-0.4, -0.2) is 63.7 Å². The van der Waals surface area contributed by atoms with Crippen molar-refractivity contribution in [3.05, 3.63) is 65.7 Å². The zero-order valence-corrected chi connectivity index (χ0v) is 25.2. The Morgan fingerprint density at radius 2 is 1.49 bits per heavy atom. The van der Waals surface area contributed by atoms with Crippen LogP contribution in [0.2, 0.25) is 0 Å². The van der Waals surface area contributed by atoms with Crippen LogP contribution in [0.3, 0.4) is 0 Å². The molecule has 224 valence electrons. The average molecular weight is 570 g/mol. The number of esters is 1. The molecule has 2 aromatic rings. The normalized spacial score (nSPS) is 13.1. The number of rotatable bonds is 10. The van der Waals surface area contributed by atoms with Crippen molar-refractivity contribution in [3.8, 4) is 5.75 Å². The number of hydrogen-bond acceptors (Lipinski definition) is 7. The van der Waals surface area contributed by atoms with Gasteiger partial charge in [-0.3, -0.25) is 9.59 Å². The van der Waals surface area contributed by atoms with Crippen LogP contribution < -0.4 is 10.6 Å². The lowest BCUT2D eigenvalue weighted by Crippen LogP contribution is -2.53. The van der Waals surface area contributed by atoms with Crippen LogP contribution in [0.5, 0.6) is 5.75 Å². The van der Waals surface area contributed by atoms with E-state index in [9.17, 15) is 24.3 Å². The van der Waals surface area contributed by atoms with Gasteiger partial charge in [0.15, 0.2) is 0 Å². The van der Waals surface area contributed by atoms with E-state index in [0.717, 1.165) is 5.56 Å². The number of ether oxygens (including phenoxy) is 2. The van der Waals surface area contributed by atoms with Gasteiger partial charge in [-0.25, -0.2) is 9.59 Å². The minimum atomic E-state index is -1.24. The third-order valence-electron chi connectivity index (χ3n) is 5.63. The molecule has 2 unspecified atom stereocenters. The molecule has 0 saturated carbocycles. The number of benzene rings is 2. The highest BCUT2D eigenvalue weighted by Crippen LogP contribution is 2.27. The van der Waals surface area contributed by atoms with Crippen molar-refractivity contribution in [2.45, 2.75) is 91.1 Å². The maximum atomic E-state index is 14.0. The van der Waals surface area contributed by atoms with Crippen LogP contribution in [0, 0.1) is 0 Å². The van der Waals surface area contributed by atoms with Crippen LogP contribution in [0.1, 0.15) is 72.6 Å². The van der Waals surface area contributed by atoms with Gasteiger partial charge in [-0.2, -0.15) is 0 Å². The van der Waals surface area contributed by atoms with E-state index in [1.807, 2.05) is 30.3 Å². The van der Waals surface area contributed by atoms with Crippen molar-refractivity contribution in [3.63, 3.8) is 0 Å². The molecule has 10 heteroatoms. The number of phenolic OH excluding ortho intramolecular Hbond substituents is 1. The molecule has 3 N–H and O–H groups in total. The first-order chi connectivity index (χ1) is 19.0. The Balaban J connectivity index is 2.44. The molecule has 0 fully saturated rings. The number of nitrogens with zero attached hydrogens (tertiary/aromatic N) is 1. The molecule has 2 rings (SSSR count). The van der Waals surface area contributed by atoms with E-state index in [0.29, 0.717) is 5.56 Å². The molecule has 0 spiro atoms. The highest BCUT2D eigenvalue weighted by atomic mass is 16.6. The Hall–Kier alpha value is -4.08. The summed E-state index contributed by atoms with van der Waals surface area (Å²) >= 11 is 0. The van der Waals surface area contributed by atoms with E-state index in [2.05, 4.69) is 10.6 Å². The summed E-state index contributed by atoms with van der Waals surface area (Å²) in [6.45, 7) is 13.3. The van der Waals surface area contributed by atoms with Gasteiger partial charge in [0.25, 0.3) is 0 Å². The van der Waals surface area contributed by atoms with Crippen molar-refractivity contribution in [1.82, 2.24) is 15.5 Å². The molecule has 0 aromatic heterocycles. The maximum absolute atomic E-state index is 14.0. The third kappa shape index (κ3) is 11.1. The molecular formula is C31H43N3O7. The molecule has 10 nitrogen and oxygen atoms in total. The van der Waals surface area contributed by atoms with E-state index in [1.165, 1.54) is 17.0 Å². The number of nitrogens with one attached hydrogen (secondary N) is 2. The largest absolute Gasteiger partial charge is 0.508 e. The Bertz CT molecular complexity index is 1200. The summed E-state index contributed by atoms with van der Waals surface area (Å²) in [5.74, 6) is -1.94. The first kappa shape index (κ1) is 33.1. The highest BCUT2D eigenvalue weighted by molar-refractivity contribution is 5.93. The Labute approximate surface area is 242 Å². The smallest absolute Gasteiger partial charge is 0.408 e. The predicted octanol–water partition coefficient (Wildman–Crippen LogP) is 4.26. The molecule has 0 bridgehead atoms. The average Bonchev–Trinajstić information content (AvgIpc) is 2.83. The van der Waals surface area contributed by atoms with E-state index in [1.54, 1.807) is 67.5 Å². The fraction of sp³-hybridized carbons (Fsp3) is 0.484. The SMILES string of the molecule is CC(C)N(C(=O)CNC(=O)OC(C)(C)C)C(C(=O)NC(Cc1ccccc1)C(=O)OC(C)(C)C)c1cccc(O)c1. The van der Waals surface area contributed by atoms with Gasteiger partial charge in [0, 0.05) is 12.5 Å². The molecule has 0 aliphatic heterocycles. The van der Waals surface area contributed by atoms with Gasteiger partial charge in [-0.15, -0.1) is 0 Å². The van der Waals surface area contributed by atoms with Crippen molar-refractivity contribution in [1.29, 1.82) is 0 Å². The Kier molecular flexibility index (Phi) is 11.3. The van der Waals surface area contributed by atoms with Crippen LogP contribution in [0.15, 0.2) is 54.6 Å². The summed E-state index contributed by atoms with van der Waals surface area (Å²) in [5, 5.41) is 15.4. The minimum Gasteiger partial charge on any atom is -0.508 e. The molecular weight excluding hydrogens is 526 g/mol. The molecule has 0 heterocycles. The highest BCUT2D eigenvalue weighted by Gasteiger charge is 2.36. The molecule has 0 aliphatic carbocycles. The number of aromatic hydroxyl groups is 1. The van der Waals surface area contributed by atoms with E-state index >= 15 is 0 Å². The van der Waals surface area contributed by atoms with Gasteiger partial charge in [-0.1, -0.05) is 42.5 Å². The van der Waals surface area contributed by atoms with Crippen molar-refractivity contribution in [2.24, 2.45) is 0 Å². The van der Waals surface area contributed by atoms with Crippen LogP contribution in [0.4, 0.5) is 4.79 Å². The zero-order chi connectivity index (χ0) is 31.0. The number of alkyl carbamates (subject to hydrolysis) is 1. The molecule has 3 amide bonds. The van der Waals surface area contributed by atoms with Gasteiger partial charge in [0.2, 0.25) is 11.8 Å². The molecule has 41 heavy (non-hydrogen) atoms. The second kappa shape index (κ2) is 14.0. The van der Waals surface area contributed by atoms with Gasteiger partial charge in [0.1, 0.15) is 35.6 Å². The second-order valence-electron chi connectivity index (χ2n) is 12.0. The number of carbonyl (C=O) groups is 4. The topological polar surface area (TPSA) is 134 Å².